The van der Waals surface area contributed by atoms with Gasteiger partial charge in [-0.3, -0.25) is 4.79 Å². The highest BCUT2D eigenvalue weighted by atomic mass is 16.5. The molecule has 0 amide bonds. The molecule has 3 nitrogen and oxygen atoms in total. The van der Waals surface area contributed by atoms with Crippen LogP contribution in [0.5, 0.6) is 5.75 Å². The number of rotatable bonds is 3. The topological polar surface area (TPSA) is 42.1 Å². The lowest BCUT2D eigenvalue weighted by Gasteiger charge is -2.15. The summed E-state index contributed by atoms with van der Waals surface area (Å²) in [5, 5.41) is 0. The molecule has 1 saturated carbocycles. The van der Waals surface area contributed by atoms with Crippen molar-refractivity contribution in [2.75, 3.05) is 7.11 Å². The Morgan fingerprint density at radius 2 is 2.05 bits per heavy atom. The maximum absolute atomic E-state index is 11.9. The van der Waals surface area contributed by atoms with E-state index < -0.39 is 0 Å². The molecule has 1 fully saturated rings. The summed E-state index contributed by atoms with van der Waals surface area (Å²) in [6.07, 6.45) is 4.01. The predicted octanol–water partition coefficient (Wildman–Crippen LogP) is 3.10. The lowest BCUT2D eigenvalue weighted by molar-refractivity contribution is 0.405. The number of ether oxygens (including phenoxy) is 1. The zero-order chi connectivity index (χ0) is 13.5. The number of aromatic nitrogens is 1. The van der Waals surface area contributed by atoms with Gasteiger partial charge in [0.2, 0.25) is 0 Å². The van der Waals surface area contributed by atoms with Crippen molar-refractivity contribution in [3.63, 3.8) is 0 Å². The van der Waals surface area contributed by atoms with E-state index in [1.54, 1.807) is 13.3 Å². The smallest absolute Gasteiger partial charge is 0.255 e. The highest BCUT2D eigenvalue weighted by Gasteiger charge is 2.41. The maximum Gasteiger partial charge on any atom is 0.255 e. The number of pyridine rings is 1. The Hall–Kier alpha value is -2.03. The van der Waals surface area contributed by atoms with Crippen LogP contribution in [0.15, 0.2) is 41.3 Å². The second-order valence-corrected chi connectivity index (χ2v) is 5.39. The summed E-state index contributed by atoms with van der Waals surface area (Å²) >= 11 is 0. The molecule has 1 aliphatic carbocycles. The Morgan fingerprint density at radius 1 is 1.26 bits per heavy atom. The summed E-state index contributed by atoms with van der Waals surface area (Å²) in [4.78, 5) is 14.6. The summed E-state index contributed by atoms with van der Waals surface area (Å²) in [6.45, 7) is 2.24. The number of hydrogen-bond donors (Lipinski definition) is 1. The zero-order valence-corrected chi connectivity index (χ0v) is 11.2. The van der Waals surface area contributed by atoms with Gasteiger partial charge < -0.3 is 9.72 Å². The fourth-order valence-electron chi connectivity index (χ4n) is 2.45. The van der Waals surface area contributed by atoms with Crippen molar-refractivity contribution < 1.29 is 4.74 Å². The van der Waals surface area contributed by atoms with Crippen LogP contribution in [0, 0.1) is 0 Å². The van der Waals surface area contributed by atoms with Crippen LogP contribution in [-0.2, 0) is 5.41 Å². The molecular formula is C16H17NO2. The number of nitrogens with one attached hydrogen (secondary N) is 1. The average Bonchev–Trinajstić information content (AvgIpc) is 3.18. The van der Waals surface area contributed by atoms with Gasteiger partial charge in [0.1, 0.15) is 5.75 Å². The molecule has 0 saturated heterocycles. The quantitative estimate of drug-likeness (QED) is 0.915. The molecule has 98 valence electrons. The van der Waals surface area contributed by atoms with Crippen LogP contribution in [0.25, 0.3) is 11.1 Å². The van der Waals surface area contributed by atoms with Crippen LogP contribution in [0.2, 0.25) is 0 Å². The summed E-state index contributed by atoms with van der Waals surface area (Å²) in [5.74, 6) is 0.913. The minimum absolute atomic E-state index is 0.0560. The van der Waals surface area contributed by atoms with E-state index >= 15 is 0 Å². The molecule has 2 aromatic rings. The third-order valence-electron chi connectivity index (χ3n) is 3.98. The van der Waals surface area contributed by atoms with E-state index in [9.17, 15) is 4.79 Å². The van der Waals surface area contributed by atoms with Gasteiger partial charge in [-0.2, -0.15) is 0 Å². The predicted molar refractivity (Wildman–Crippen MR) is 75.6 cm³/mol. The Morgan fingerprint density at radius 3 is 2.68 bits per heavy atom. The second-order valence-electron chi connectivity index (χ2n) is 5.39. The van der Waals surface area contributed by atoms with Crippen molar-refractivity contribution in [3.05, 3.63) is 52.4 Å². The molecule has 0 bridgehead atoms. The number of methoxy groups -OCH3 is 1. The molecule has 0 atom stereocenters. The average molecular weight is 255 g/mol. The second kappa shape index (κ2) is 4.26. The first-order valence-corrected chi connectivity index (χ1v) is 6.51. The Labute approximate surface area is 112 Å². The van der Waals surface area contributed by atoms with E-state index in [1.165, 1.54) is 18.4 Å². The molecule has 0 radical (unpaired) electrons. The highest BCUT2D eigenvalue weighted by Crippen LogP contribution is 2.51. The molecule has 1 aliphatic rings. The van der Waals surface area contributed by atoms with E-state index in [-0.39, 0.29) is 11.0 Å². The van der Waals surface area contributed by atoms with Gasteiger partial charge in [0.15, 0.2) is 0 Å². The van der Waals surface area contributed by atoms with Crippen molar-refractivity contribution in [2.24, 2.45) is 0 Å². The molecule has 0 spiro atoms. The van der Waals surface area contributed by atoms with Crippen molar-refractivity contribution in [3.8, 4) is 16.9 Å². The first-order valence-electron chi connectivity index (χ1n) is 6.51. The number of hydrogen-bond acceptors (Lipinski definition) is 2. The molecule has 1 aromatic carbocycles. The fourth-order valence-corrected chi connectivity index (χ4v) is 2.45. The van der Waals surface area contributed by atoms with Gasteiger partial charge in [0, 0.05) is 17.3 Å². The van der Waals surface area contributed by atoms with Crippen molar-refractivity contribution >= 4 is 0 Å². The van der Waals surface area contributed by atoms with E-state index in [0.717, 1.165) is 11.3 Å². The SMILES string of the molecule is COc1ccc(-c2ccc[nH]c2=O)cc1C1(C)CC1. The first kappa shape index (κ1) is 12.0. The van der Waals surface area contributed by atoms with Gasteiger partial charge in [-0.05, 0) is 48.1 Å². The fraction of sp³-hybridized carbons (Fsp3) is 0.312. The largest absolute Gasteiger partial charge is 0.496 e. The Balaban J connectivity index is 2.15. The van der Waals surface area contributed by atoms with E-state index in [0.29, 0.717) is 5.56 Å². The molecule has 1 N–H and O–H groups in total. The highest BCUT2D eigenvalue weighted by molar-refractivity contribution is 5.66. The zero-order valence-electron chi connectivity index (χ0n) is 11.2. The normalized spacial score (nSPS) is 16.1. The lowest BCUT2D eigenvalue weighted by atomic mass is 9.93. The molecule has 19 heavy (non-hydrogen) atoms. The molecule has 3 rings (SSSR count). The van der Waals surface area contributed by atoms with Crippen molar-refractivity contribution in [1.29, 1.82) is 0 Å². The van der Waals surface area contributed by atoms with E-state index in [4.69, 9.17) is 4.74 Å². The molecule has 1 aromatic heterocycles. The summed E-state index contributed by atoms with van der Waals surface area (Å²) < 4.78 is 5.45. The summed E-state index contributed by atoms with van der Waals surface area (Å²) in [6, 6.07) is 9.69. The number of benzene rings is 1. The van der Waals surface area contributed by atoms with E-state index in [2.05, 4.69) is 18.0 Å². The molecule has 0 aliphatic heterocycles. The molecular weight excluding hydrogens is 238 g/mol. The van der Waals surface area contributed by atoms with Crippen LogP contribution in [0.1, 0.15) is 25.3 Å². The minimum Gasteiger partial charge on any atom is -0.496 e. The third-order valence-corrected chi connectivity index (χ3v) is 3.98. The van der Waals surface area contributed by atoms with Crippen LogP contribution in [0.3, 0.4) is 0 Å². The number of H-pyrrole nitrogens is 1. The van der Waals surface area contributed by atoms with Crippen LogP contribution >= 0.6 is 0 Å². The van der Waals surface area contributed by atoms with Crippen LogP contribution < -0.4 is 10.3 Å². The van der Waals surface area contributed by atoms with Gasteiger partial charge in [-0.1, -0.05) is 13.0 Å². The van der Waals surface area contributed by atoms with Crippen LogP contribution in [-0.4, -0.2) is 12.1 Å². The van der Waals surface area contributed by atoms with Crippen LogP contribution in [0.4, 0.5) is 0 Å². The first-order chi connectivity index (χ1) is 9.14. The Bertz CT molecular complexity index is 668. The van der Waals surface area contributed by atoms with Crippen molar-refractivity contribution in [2.45, 2.75) is 25.2 Å². The van der Waals surface area contributed by atoms with Gasteiger partial charge in [0.05, 0.1) is 7.11 Å². The third kappa shape index (κ3) is 2.05. The van der Waals surface area contributed by atoms with Gasteiger partial charge in [-0.15, -0.1) is 0 Å². The van der Waals surface area contributed by atoms with Gasteiger partial charge in [-0.25, -0.2) is 0 Å². The van der Waals surface area contributed by atoms with Gasteiger partial charge >= 0.3 is 0 Å². The van der Waals surface area contributed by atoms with Gasteiger partial charge in [0.25, 0.3) is 5.56 Å². The molecule has 1 heterocycles. The molecule has 3 heteroatoms. The minimum atomic E-state index is -0.0560. The summed E-state index contributed by atoms with van der Waals surface area (Å²) in [7, 11) is 1.69. The molecule has 0 unspecified atom stereocenters. The maximum atomic E-state index is 11.9. The standard InChI is InChI=1S/C16H17NO2/c1-16(7-8-16)13-10-11(5-6-14(13)19-2)12-4-3-9-17-15(12)18/h3-6,9-10H,7-8H2,1-2H3,(H,17,18). The summed E-state index contributed by atoms with van der Waals surface area (Å²) in [5.41, 5.74) is 3.01. The monoisotopic (exact) mass is 255 g/mol. The Kier molecular flexibility index (Phi) is 2.70. The number of aromatic amines is 1. The van der Waals surface area contributed by atoms with E-state index in [1.807, 2.05) is 24.3 Å². The lowest BCUT2D eigenvalue weighted by Crippen LogP contribution is -2.08. The van der Waals surface area contributed by atoms with Crippen molar-refractivity contribution in [1.82, 2.24) is 4.98 Å².